The maximum atomic E-state index is 12.8. The minimum atomic E-state index is -0.0920. The van der Waals surface area contributed by atoms with Gasteiger partial charge in [-0.1, -0.05) is 13.0 Å². The molecule has 1 fully saturated rings. The quantitative estimate of drug-likeness (QED) is 0.926. The predicted molar refractivity (Wildman–Crippen MR) is 88.8 cm³/mol. The van der Waals surface area contributed by atoms with E-state index in [0.717, 1.165) is 36.5 Å². The van der Waals surface area contributed by atoms with Crippen molar-refractivity contribution >= 4 is 11.6 Å². The van der Waals surface area contributed by atoms with Crippen molar-refractivity contribution in [3.8, 4) is 0 Å². The summed E-state index contributed by atoms with van der Waals surface area (Å²) in [5.41, 5.74) is 3.24. The number of likely N-dealkylation sites (tertiary alicyclic amines) is 1. The second kappa shape index (κ2) is 6.29. The van der Waals surface area contributed by atoms with Crippen molar-refractivity contribution < 1.29 is 9.53 Å². The monoisotopic (exact) mass is 316 g/mol. The fourth-order valence-electron chi connectivity index (χ4n) is 3.27. The number of amides is 1. The first-order valence-corrected chi connectivity index (χ1v) is 8.04. The summed E-state index contributed by atoms with van der Waals surface area (Å²) >= 11 is 0. The molecule has 2 atom stereocenters. The molecule has 2 aromatic heterocycles. The van der Waals surface area contributed by atoms with Gasteiger partial charge in [-0.3, -0.25) is 14.1 Å². The van der Waals surface area contributed by atoms with Gasteiger partial charge < -0.3 is 10.1 Å². The number of fused-ring (bicyclic) bond motifs is 1. The van der Waals surface area contributed by atoms with Crippen LogP contribution in [0.4, 0.5) is 0 Å². The Kier molecular flexibility index (Phi) is 4.37. The van der Waals surface area contributed by atoms with Crippen LogP contribution >= 0.6 is 0 Å². The zero-order valence-electron chi connectivity index (χ0n) is 14.2. The van der Waals surface area contributed by atoms with Gasteiger partial charge in [0.15, 0.2) is 0 Å². The summed E-state index contributed by atoms with van der Waals surface area (Å²) in [5.74, 6) is -0.0920. The van der Waals surface area contributed by atoms with E-state index in [2.05, 4.69) is 22.1 Å². The van der Waals surface area contributed by atoms with Gasteiger partial charge >= 0.3 is 0 Å². The number of hydrogen-bond donors (Lipinski definition) is 1. The highest BCUT2D eigenvalue weighted by molar-refractivity contribution is 5.95. The Morgan fingerprint density at radius 2 is 2.17 bits per heavy atom. The first-order valence-electron chi connectivity index (χ1n) is 8.04. The number of aryl methyl sites for hydroxylation is 2. The van der Waals surface area contributed by atoms with Gasteiger partial charge in [0.1, 0.15) is 11.3 Å². The molecule has 0 radical (unpaired) electrons. The van der Waals surface area contributed by atoms with E-state index >= 15 is 0 Å². The summed E-state index contributed by atoms with van der Waals surface area (Å²) in [5, 5.41) is 3.13. The Morgan fingerprint density at radius 3 is 2.87 bits per heavy atom. The van der Waals surface area contributed by atoms with Gasteiger partial charge in [0.25, 0.3) is 5.91 Å². The predicted octanol–water partition coefficient (Wildman–Crippen LogP) is 1.40. The van der Waals surface area contributed by atoms with E-state index in [1.807, 2.05) is 36.6 Å². The molecule has 0 aromatic carbocycles. The van der Waals surface area contributed by atoms with Crippen molar-refractivity contribution in [1.82, 2.24) is 19.6 Å². The van der Waals surface area contributed by atoms with Gasteiger partial charge in [-0.15, -0.1) is 0 Å². The summed E-state index contributed by atoms with van der Waals surface area (Å²) in [6, 6.07) is 3.94. The Balaban J connectivity index is 1.86. The summed E-state index contributed by atoms with van der Waals surface area (Å²) in [7, 11) is 1.70. The topological polar surface area (TPSA) is 58.9 Å². The highest BCUT2D eigenvalue weighted by Gasteiger charge is 2.34. The number of ether oxygens (including phenoxy) is 1. The lowest BCUT2D eigenvalue weighted by Gasteiger charge is -2.18. The summed E-state index contributed by atoms with van der Waals surface area (Å²) < 4.78 is 7.40. The Labute approximate surface area is 136 Å². The molecule has 0 unspecified atom stereocenters. The van der Waals surface area contributed by atoms with E-state index in [-0.39, 0.29) is 18.1 Å². The number of carbonyl (C=O) groups is 1. The van der Waals surface area contributed by atoms with Gasteiger partial charge in [-0.2, -0.15) is 0 Å². The molecule has 23 heavy (non-hydrogen) atoms. The molecule has 0 aliphatic carbocycles. The van der Waals surface area contributed by atoms with E-state index in [0.29, 0.717) is 5.69 Å². The van der Waals surface area contributed by atoms with Crippen LogP contribution in [0.25, 0.3) is 5.65 Å². The molecule has 6 nitrogen and oxygen atoms in total. The van der Waals surface area contributed by atoms with Gasteiger partial charge in [0.2, 0.25) is 0 Å². The van der Waals surface area contributed by atoms with E-state index in [9.17, 15) is 4.79 Å². The van der Waals surface area contributed by atoms with Crippen molar-refractivity contribution in [3.63, 3.8) is 0 Å². The SMILES string of the molecule is CCN1C[C@H](NC(=O)c2c(C)nc3ccc(C)cn23)[C@@H](OC)C1. The number of carbonyl (C=O) groups excluding carboxylic acids is 1. The summed E-state index contributed by atoms with van der Waals surface area (Å²) in [4.78, 5) is 19.6. The molecule has 124 valence electrons. The van der Waals surface area contributed by atoms with Crippen LogP contribution < -0.4 is 5.32 Å². The lowest BCUT2D eigenvalue weighted by Crippen LogP contribution is -2.44. The molecule has 0 bridgehead atoms. The van der Waals surface area contributed by atoms with Crippen molar-refractivity contribution in [2.75, 3.05) is 26.7 Å². The third kappa shape index (κ3) is 2.96. The average molecular weight is 316 g/mol. The first-order chi connectivity index (χ1) is 11.0. The average Bonchev–Trinajstić information content (AvgIpc) is 3.06. The molecule has 1 amide bonds. The molecule has 1 aliphatic rings. The number of hydrogen-bond acceptors (Lipinski definition) is 4. The van der Waals surface area contributed by atoms with Crippen LogP contribution in [-0.4, -0.2) is 59.1 Å². The third-order valence-corrected chi connectivity index (χ3v) is 4.56. The Hall–Kier alpha value is -1.92. The maximum Gasteiger partial charge on any atom is 0.270 e. The molecule has 0 saturated carbocycles. The van der Waals surface area contributed by atoms with Crippen molar-refractivity contribution in [2.24, 2.45) is 0 Å². The number of nitrogens with zero attached hydrogens (tertiary/aromatic N) is 3. The van der Waals surface area contributed by atoms with Gasteiger partial charge in [0, 0.05) is 26.4 Å². The largest absolute Gasteiger partial charge is 0.378 e. The van der Waals surface area contributed by atoms with E-state index < -0.39 is 0 Å². The molecule has 6 heteroatoms. The third-order valence-electron chi connectivity index (χ3n) is 4.56. The number of aromatic nitrogens is 2. The number of nitrogens with one attached hydrogen (secondary N) is 1. The molecule has 1 saturated heterocycles. The smallest absolute Gasteiger partial charge is 0.270 e. The van der Waals surface area contributed by atoms with Crippen LogP contribution in [0.1, 0.15) is 28.7 Å². The lowest BCUT2D eigenvalue weighted by molar-refractivity contribution is 0.0758. The maximum absolute atomic E-state index is 12.8. The van der Waals surface area contributed by atoms with E-state index in [4.69, 9.17) is 4.74 Å². The number of rotatable bonds is 4. The van der Waals surface area contributed by atoms with Gasteiger partial charge in [0.05, 0.1) is 17.8 Å². The molecule has 2 aromatic rings. The molecule has 1 aliphatic heterocycles. The van der Waals surface area contributed by atoms with Crippen LogP contribution in [0, 0.1) is 13.8 Å². The minimum absolute atomic E-state index is 0.00205. The van der Waals surface area contributed by atoms with E-state index in [1.165, 1.54) is 0 Å². The minimum Gasteiger partial charge on any atom is -0.378 e. The highest BCUT2D eigenvalue weighted by Crippen LogP contribution is 2.16. The van der Waals surface area contributed by atoms with Crippen LogP contribution in [0.2, 0.25) is 0 Å². The lowest BCUT2D eigenvalue weighted by atomic mass is 10.2. The van der Waals surface area contributed by atoms with Crippen molar-refractivity contribution in [3.05, 3.63) is 35.3 Å². The number of imidazole rings is 1. The van der Waals surface area contributed by atoms with Crippen LogP contribution in [-0.2, 0) is 4.74 Å². The van der Waals surface area contributed by atoms with Gasteiger partial charge in [-0.25, -0.2) is 4.98 Å². The van der Waals surface area contributed by atoms with Crippen LogP contribution in [0.15, 0.2) is 18.3 Å². The fourth-order valence-corrected chi connectivity index (χ4v) is 3.27. The highest BCUT2D eigenvalue weighted by atomic mass is 16.5. The second-order valence-electron chi connectivity index (χ2n) is 6.19. The molecule has 3 heterocycles. The molecular weight excluding hydrogens is 292 g/mol. The Bertz CT molecular complexity index is 725. The standard InChI is InChI=1S/C17H24N4O2/c1-5-20-9-13(14(10-20)23-4)19-17(22)16-12(3)18-15-7-6-11(2)8-21(15)16/h6-8,13-14H,5,9-10H2,1-4H3,(H,19,22)/t13-,14-/m0/s1. The normalized spacial score (nSPS) is 21.9. The molecular formula is C17H24N4O2. The molecule has 1 N–H and O–H groups in total. The summed E-state index contributed by atoms with van der Waals surface area (Å²) in [6.07, 6.45) is 1.98. The molecule has 3 rings (SSSR count). The van der Waals surface area contributed by atoms with Crippen molar-refractivity contribution in [1.29, 1.82) is 0 Å². The van der Waals surface area contributed by atoms with Gasteiger partial charge in [-0.05, 0) is 32.0 Å². The number of pyridine rings is 1. The van der Waals surface area contributed by atoms with E-state index in [1.54, 1.807) is 7.11 Å². The summed E-state index contributed by atoms with van der Waals surface area (Å²) in [6.45, 7) is 8.62. The zero-order chi connectivity index (χ0) is 16.6. The molecule has 0 spiro atoms. The number of likely N-dealkylation sites (N-methyl/N-ethyl adjacent to an activating group) is 1. The van der Waals surface area contributed by atoms with Crippen LogP contribution in [0.3, 0.4) is 0 Å². The van der Waals surface area contributed by atoms with Crippen LogP contribution in [0.5, 0.6) is 0 Å². The van der Waals surface area contributed by atoms with Crippen molar-refractivity contribution in [2.45, 2.75) is 32.9 Å². The Morgan fingerprint density at radius 1 is 1.39 bits per heavy atom. The number of methoxy groups -OCH3 is 1. The first kappa shape index (κ1) is 16.0. The zero-order valence-corrected chi connectivity index (χ0v) is 14.2. The fraction of sp³-hybridized carbons (Fsp3) is 0.529. The second-order valence-corrected chi connectivity index (χ2v) is 6.19.